The van der Waals surface area contributed by atoms with Crippen LogP contribution in [0.1, 0.15) is 33.7 Å². The van der Waals surface area contributed by atoms with Crippen molar-refractivity contribution in [3.05, 3.63) is 93.5 Å². The Bertz CT molecular complexity index is 1290. The number of hydrogen-bond acceptors (Lipinski definition) is 6. The Labute approximate surface area is 190 Å². The number of carbonyl (C=O) groups is 1. The van der Waals surface area contributed by atoms with Crippen molar-refractivity contribution in [3.8, 4) is 17.6 Å². The number of amides is 1. The molecule has 2 atom stereocenters. The van der Waals surface area contributed by atoms with Crippen molar-refractivity contribution < 1.29 is 19.1 Å². The van der Waals surface area contributed by atoms with Gasteiger partial charge in [0.25, 0.3) is 5.91 Å². The second-order valence-corrected chi connectivity index (χ2v) is 8.12. The summed E-state index contributed by atoms with van der Waals surface area (Å²) in [7, 11) is 0. The molecule has 2 aliphatic rings. The first-order chi connectivity index (χ1) is 16.1. The van der Waals surface area contributed by atoms with E-state index in [0.717, 1.165) is 23.2 Å². The summed E-state index contributed by atoms with van der Waals surface area (Å²) in [6, 6.07) is 16.2. The van der Waals surface area contributed by atoms with Crippen LogP contribution in [0.15, 0.2) is 70.1 Å². The first-order valence-electron chi connectivity index (χ1n) is 10.7. The molecule has 3 heterocycles. The summed E-state index contributed by atoms with van der Waals surface area (Å²) in [4.78, 5) is 26.1. The molecule has 33 heavy (non-hydrogen) atoms. The lowest BCUT2D eigenvalue weighted by molar-refractivity contribution is 0.0259. The average molecular weight is 442 g/mol. The van der Waals surface area contributed by atoms with Crippen LogP contribution < -0.4 is 10.7 Å². The summed E-state index contributed by atoms with van der Waals surface area (Å²) < 4.78 is 10.7. The summed E-state index contributed by atoms with van der Waals surface area (Å²) >= 11 is 0. The number of anilines is 1. The average Bonchev–Trinajstić information content (AvgIpc) is 3.48. The molecule has 2 fully saturated rings. The zero-order valence-corrected chi connectivity index (χ0v) is 17.8. The van der Waals surface area contributed by atoms with E-state index in [1.54, 1.807) is 0 Å². The molecule has 166 valence electrons. The van der Waals surface area contributed by atoms with Crippen molar-refractivity contribution in [2.24, 2.45) is 0 Å². The van der Waals surface area contributed by atoms with Gasteiger partial charge in [0, 0.05) is 35.0 Å². The van der Waals surface area contributed by atoms with E-state index in [-0.39, 0.29) is 36.1 Å². The molecule has 2 aliphatic heterocycles. The second kappa shape index (κ2) is 8.85. The third-order valence-corrected chi connectivity index (χ3v) is 5.91. The lowest BCUT2D eigenvalue weighted by Gasteiger charge is -2.26. The van der Waals surface area contributed by atoms with Crippen molar-refractivity contribution >= 4 is 11.6 Å². The molecule has 0 spiro atoms. The number of benzene rings is 2. The smallest absolute Gasteiger partial charge is 0.254 e. The number of carbonyl (C=O) groups excluding carboxylic acids is 1. The van der Waals surface area contributed by atoms with Crippen molar-refractivity contribution in [3.63, 3.8) is 0 Å². The normalized spacial score (nSPS) is 18.6. The first kappa shape index (κ1) is 20.9. The molecule has 7 nitrogen and oxygen atoms in total. The third-order valence-electron chi connectivity index (χ3n) is 5.91. The van der Waals surface area contributed by atoms with Gasteiger partial charge in [0.2, 0.25) is 11.2 Å². The first-order valence-corrected chi connectivity index (χ1v) is 10.7. The van der Waals surface area contributed by atoms with Crippen molar-refractivity contribution in [1.82, 2.24) is 4.90 Å². The number of aromatic hydroxyl groups is 1. The van der Waals surface area contributed by atoms with Crippen LogP contribution in [0.25, 0.3) is 0 Å². The molecule has 0 saturated carbocycles. The molecule has 2 N–H and O–H groups in total. The lowest BCUT2D eigenvalue weighted by atomic mass is 10.1. The highest BCUT2D eigenvalue weighted by Gasteiger charge is 2.41. The van der Waals surface area contributed by atoms with Gasteiger partial charge in [-0.2, -0.15) is 0 Å². The fourth-order valence-corrected chi connectivity index (χ4v) is 4.08. The van der Waals surface area contributed by atoms with Gasteiger partial charge in [0.15, 0.2) is 5.76 Å². The van der Waals surface area contributed by atoms with Crippen molar-refractivity contribution in [1.29, 1.82) is 0 Å². The van der Waals surface area contributed by atoms with E-state index in [1.165, 1.54) is 12.3 Å². The van der Waals surface area contributed by atoms with Crippen LogP contribution in [0.5, 0.6) is 5.75 Å². The number of nitrogens with one attached hydrogen (secondary N) is 1. The fourth-order valence-electron chi connectivity index (χ4n) is 4.08. The third kappa shape index (κ3) is 4.47. The molecule has 1 amide bonds. The van der Waals surface area contributed by atoms with E-state index in [0.29, 0.717) is 18.7 Å². The highest BCUT2D eigenvalue weighted by atomic mass is 16.5. The Hall–Kier alpha value is -4.02. The molecular weight excluding hydrogens is 420 g/mol. The highest BCUT2D eigenvalue weighted by Crippen LogP contribution is 2.29. The minimum Gasteiger partial charge on any atom is -0.502 e. The van der Waals surface area contributed by atoms with E-state index in [4.69, 9.17) is 9.15 Å². The predicted octanol–water partition coefficient (Wildman–Crippen LogP) is 2.97. The van der Waals surface area contributed by atoms with E-state index < -0.39 is 5.43 Å². The molecule has 2 unspecified atom stereocenters. The van der Waals surface area contributed by atoms with Crippen LogP contribution in [-0.4, -0.2) is 41.2 Å². The number of nitrogens with zero attached hydrogens (tertiary/aromatic N) is 1. The van der Waals surface area contributed by atoms with Crippen LogP contribution >= 0.6 is 0 Å². The van der Waals surface area contributed by atoms with Crippen LogP contribution in [-0.2, 0) is 11.3 Å². The van der Waals surface area contributed by atoms with Gasteiger partial charge in [-0.05, 0) is 55.0 Å². The topological polar surface area (TPSA) is 92.0 Å². The lowest BCUT2D eigenvalue weighted by Crippen LogP contribution is -2.41. The van der Waals surface area contributed by atoms with Gasteiger partial charge in [-0.25, -0.2) is 0 Å². The number of likely N-dealkylation sites (tertiary alicyclic amines) is 1. The molecular formula is C26H22N2O5. The zero-order valence-electron chi connectivity index (χ0n) is 17.8. The van der Waals surface area contributed by atoms with Gasteiger partial charge in [-0.15, -0.1) is 0 Å². The molecule has 5 rings (SSSR count). The molecule has 2 saturated heterocycles. The Kier molecular flexibility index (Phi) is 5.59. The van der Waals surface area contributed by atoms with E-state index >= 15 is 0 Å². The highest BCUT2D eigenvalue weighted by molar-refractivity contribution is 5.94. The summed E-state index contributed by atoms with van der Waals surface area (Å²) in [5.74, 6) is 6.08. The van der Waals surface area contributed by atoms with Gasteiger partial charge in [-0.3, -0.25) is 9.59 Å². The second-order valence-electron chi connectivity index (χ2n) is 8.12. The predicted molar refractivity (Wildman–Crippen MR) is 122 cm³/mol. The molecule has 2 aromatic carbocycles. The largest absolute Gasteiger partial charge is 0.502 e. The molecule has 2 bridgehead atoms. The number of morpholine rings is 1. The molecule has 0 radical (unpaired) electrons. The van der Waals surface area contributed by atoms with E-state index in [2.05, 4.69) is 17.2 Å². The number of ether oxygens (including phenoxy) is 1. The standard InChI is InChI=1S/C26H22N2O5/c29-23-11-12-32-24(25(23)30)14-27-20-9-5-18(6-10-20)2-1-17-3-7-19(8-4-17)26(31)28-15-22-13-21(28)16-33-22/h3-12,21-22,27,30H,13-16H2. The Morgan fingerprint density at radius 2 is 1.76 bits per heavy atom. The van der Waals surface area contributed by atoms with Crippen molar-refractivity contribution in [2.75, 3.05) is 18.5 Å². The minimum absolute atomic E-state index is 0.0523. The van der Waals surface area contributed by atoms with Crippen molar-refractivity contribution in [2.45, 2.75) is 25.1 Å². The van der Waals surface area contributed by atoms with Crippen LogP contribution in [0.3, 0.4) is 0 Å². The van der Waals surface area contributed by atoms with Gasteiger partial charge >= 0.3 is 0 Å². The summed E-state index contributed by atoms with van der Waals surface area (Å²) in [6.07, 6.45) is 2.39. The summed E-state index contributed by atoms with van der Waals surface area (Å²) in [6.45, 7) is 1.50. The fraction of sp³-hybridized carbons (Fsp3) is 0.231. The van der Waals surface area contributed by atoms with E-state index in [1.807, 2.05) is 53.4 Å². The number of fused-ring (bicyclic) bond motifs is 2. The number of hydrogen-bond donors (Lipinski definition) is 2. The maximum atomic E-state index is 12.7. The summed E-state index contributed by atoms with van der Waals surface area (Å²) in [5, 5.41) is 12.8. The molecule has 3 aromatic rings. The van der Waals surface area contributed by atoms with Gasteiger partial charge in [0.05, 0.1) is 31.6 Å². The van der Waals surface area contributed by atoms with Gasteiger partial charge < -0.3 is 24.5 Å². The Morgan fingerprint density at radius 3 is 2.39 bits per heavy atom. The Morgan fingerprint density at radius 1 is 1.06 bits per heavy atom. The molecule has 1 aromatic heterocycles. The Balaban J connectivity index is 1.19. The maximum absolute atomic E-state index is 12.7. The maximum Gasteiger partial charge on any atom is 0.254 e. The molecule has 0 aliphatic carbocycles. The minimum atomic E-state index is -0.473. The van der Waals surface area contributed by atoms with Crippen LogP contribution in [0.4, 0.5) is 5.69 Å². The zero-order chi connectivity index (χ0) is 22.8. The molecule has 7 heteroatoms. The van der Waals surface area contributed by atoms with Crippen LogP contribution in [0, 0.1) is 11.8 Å². The quantitative estimate of drug-likeness (QED) is 0.604. The summed E-state index contributed by atoms with van der Waals surface area (Å²) in [5.41, 5.74) is 2.66. The van der Waals surface area contributed by atoms with Gasteiger partial charge in [-0.1, -0.05) is 11.8 Å². The number of rotatable bonds is 4. The van der Waals surface area contributed by atoms with Gasteiger partial charge in [0.1, 0.15) is 0 Å². The van der Waals surface area contributed by atoms with E-state index in [9.17, 15) is 14.7 Å². The SMILES string of the molecule is O=C(c1ccc(C#Cc2ccc(NCc3occc(=O)c3O)cc2)cc1)N1CC2CC1CO2. The monoisotopic (exact) mass is 442 g/mol. The van der Waals surface area contributed by atoms with Crippen LogP contribution in [0.2, 0.25) is 0 Å².